The molecule has 0 bridgehead atoms. The van der Waals surface area contributed by atoms with E-state index in [-0.39, 0.29) is 21.1 Å². The van der Waals surface area contributed by atoms with Crippen LogP contribution in [0.4, 0.5) is 0 Å². The summed E-state index contributed by atoms with van der Waals surface area (Å²) in [6.07, 6.45) is 0. The van der Waals surface area contributed by atoms with Gasteiger partial charge in [-0.15, -0.1) is 0 Å². The number of hydrogen-bond acceptors (Lipinski definition) is 0. The van der Waals surface area contributed by atoms with Crippen LogP contribution in [0, 0.1) is 0 Å². The minimum atomic E-state index is -0.659. The van der Waals surface area contributed by atoms with E-state index in [0.29, 0.717) is 0 Å². The van der Waals surface area contributed by atoms with Gasteiger partial charge < -0.3 is 0 Å². The van der Waals surface area contributed by atoms with Gasteiger partial charge in [-0.25, -0.2) is 0 Å². The van der Waals surface area contributed by atoms with Crippen molar-refractivity contribution in [1.82, 2.24) is 0 Å². The first-order valence-corrected chi connectivity index (χ1v) is 36.7. The minimum Gasteiger partial charge on any atom is -0.0843 e. The molecule has 0 aliphatic rings. The van der Waals surface area contributed by atoms with Crippen LogP contribution in [0.25, 0.3) is 0 Å². The normalized spacial score (nSPS) is 10.8. The SMILES string of the molecule is Clc1ccc(P(c2ccc(Cl)cc2)c2ccc(Cl)cc2)cc1.Clc1ccc(P(c2ccc(Cl)cc2)c2ccc(Cl)cc2)cc1.Clc1ccc(P(c2ccc(Cl)cc2)c2ccc(Cl)cc2)cc1.Clc1ccc(P(c2ccc(Cl)cc2)c2ccc(Cl)cc2)cc1.[Pt]. The summed E-state index contributed by atoms with van der Waals surface area (Å²) >= 11 is 72.3. The van der Waals surface area contributed by atoms with Gasteiger partial charge in [-0.3, -0.25) is 0 Å². The molecule has 12 rings (SSSR count). The van der Waals surface area contributed by atoms with Crippen LogP contribution in [0.15, 0.2) is 291 Å². The quantitative estimate of drug-likeness (QED) is 0.107. The molecular weight excluding hydrogens is 1610 g/mol. The second-order valence-corrected chi connectivity index (χ2v) is 33.2. The molecule has 89 heavy (non-hydrogen) atoms. The van der Waals surface area contributed by atoms with Crippen LogP contribution in [0.5, 0.6) is 0 Å². The van der Waals surface area contributed by atoms with Crippen molar-refractivity contribution < 1.29 is 21.1 Å². The van der Waals surface area contributed by atoms with E-state index in [1.807, 2.05) is 146 Å². The van der Waals surface area contributed by atoms with E-state index in [4.69, 9.17) is 139 Å². The van der Waals surface area contributed by atoms with Gasteiger partial charge in [-0.1, -0.05) is 285 Å². The van der Waals surface area contributed by atoms with Crippen LogP contribution in [0.1, 0.15) is 0 Å². The maximum absolute atomic E-state index is 6.02. The Morgan fingerprint density at radius 2 is 0.169 bits per heavy atom. The summed E-state index contributed by atoms with van der Waals surface area (Å²) in [6, 6.07) is 96.2. The Morgan fingerprint density at radius 1 is 0.112 bits per heavy atom. The van der Waals surface area contributed by atoms with E-state index in [1.54, 1.807) is 0 Å². The van der Waals surface area contributed by atoms with E-state index in [9.17, 15) is 0 Å². The predicted molar refractivity (Wildman–Crippen MR) is 401 cm³/mol. The molecule has 12 aromatic rings. The number of hydrogen-bond donors (Lipinski definition) is 0. The Bertz CT molecular complexity index is 3120. The van der Waals surface area contributed by atoms with Crippen molar-refractivity contribution in [2.75, 3.05) is 0 Å². The third kappa shape index (κ3) is 21.3. The average molecular weight is 1660 g/mol. The molecule has 0 amide bonds. The maximum atomic E-state index is 6.02. The van der Waals surface area contributed by atoms with Gasteiger partial charge in [0.25, 0.3) is 0 Å². The van der Waals surface area contributed by atoms with E-state index in [2.05, 4.69) is 146 Å². The molecule has 12 aromatic carbocycles. The molecule has 0 radical (unpaired) electrons. The maximum Gasteiger partial charge on any atom is 0.0406 e. The molecule has 0 saturated carbocycles. The molecule has 0 spiro atoms. The monoisotopic (exact) mass is 1650 g/mol. The fourth-order valence-corrected chi connectivity index (χ4v) is 19.3. The number of halogens is 12. The van der Waals surface area contributed by atoms with Crippen LogP contribution in [-0.4, -0.2) is 0 Å². The summed E-state index contributed by atoms with van der Waals surface area (Å²) in [6.45, 7) is 0. The van der Waals surface area contributed by atoms with Crippen LogP contribution in [-0.2, 0) is 21.1 Å². The van der Waals surface area contributed by atoms with Gasteiger partial charge in [-0.2, -0.15) is 0 Å². The van der Waals surface area contributed by atoms with Crippen molar-refractivity contribution in [3.05, 3.63) is 351 Å². The molecule has 0 aliphatic heterocycles. The minimum absolute atomic E-state index is 0. The molecule has 17 heteroatoms. The van der Waals surface area contributed by atoms with E-state index in [1.165, 1.54) is 63.7 Å². The van der Waals surface area contributed by atoms with E-state index < -0.39 is 31.7 Å². The predicted octanol–water partition coefficient (Wildman–Crippen LogP) is 21.6. The van der Waals surface area contributed by atoms with Crippen molar-refractivity contribution in [3.63, 3.8) is 0 Å². The van der Waals surface area contributed by atoms with Gasteiger partial charge >= 0.3 is 0 Å². The summed E-state index contributed by atoms with van der Waals surface area (Å²) in [7, 11) is -2.64. The largest absolute Gasteiger partial charge is 0.0843 e. The molecule has 450 valence electrons. The molecule has 0 aromatic heterocycles. The third-order valence-electron chi connectivity index (χ3n) is 13.0. The molecule has 0 aliphatic carbocycles. The summed E-state index contributed by atoms with van der Waals surface area (Å²) in [5, 5.41) is 23.8. The van der Waals surface area contributed by atoms with Crippen LogP contribution in [0.3, 0.4) is 0 Å². The Labute approximate surface area is 600 Å². The Hall–Kier alpha value is -3.47. The average Bonchev–Trinajstić information content (AvgIpc) is 2.73. The van der Waals surface area contributed by atoms with Crippen LogP contribution < -0.4 is 63.7 Å². The zero-order valence-electron chi connectivity index (χ0n) is 46.4. The first-order chi connectivity index (χ1) is 42.5. The molecule has 0 N–H and O–H groups in total. The Morgan fingerprint density at radius 3 is 0.225 bits per heavy atom. The smallest absolute Gasteiger partial charge is 0.0406 e. The molecule has 0 fully saturated rings. The molecule has 0 nitrogen and oxygen atoms in total. The van der Waals surface area contributed by atoms with Crippen LogP contribution in [0.2, 0.25) is 60.3 Å². The standard InChI is InChI=1S/4C18H12Cl3P.Pt/c4*19-13-1-7-16(8-2-13)22(17-9-3-14(20)4-10-17)18-11-5-15(21)6-12-18;/h4*1-12H;. The van der Waals surface area contributed by atoms with E-state index >= 15 is 0 Å². The van der Waals surface area contributed by atoms with Gasteiger partial charge in [0.05, 0.1) is 0 Å². The topological polar surface area (TPSA) is 0 Å². The van der Waals surface area contributed by atoms with Crippen molar-refractivity contribution in [1.29, 1.82) is 0 Å². The zero-order valence-corrected chi connectivity index (χ0v) is 61.3. The molecule has 0 unspecified atom stereocenters. The zero-order chi connectivity index (χ0) is 62.1. The molecule has 0 heterocycles. The first-order valence-electron chi connectivity index (χ1n) is 26.8. The van der Waals surface area contributed by atoms with Crippen molar-refractivity contribution in [2.45, 2.75) is 0 Å². The second-order valence-electron chi connectivity index (χ2n) is 19.1. The van der Waals surface area contributed by atoms with Gasteiger partial charge in [0.2, 0.25) is 0 Å². The fourth-order valence-electron chi connectivity index (χ4n) is 8.87. The van der Waals surface area contributed by atoms with Crippen LogP contribution >= 0.6 is 171 Å². The molecular formula is C72H48Cl12P4Pt. The summed E-state index contributed by atoms with van der Waals surface area (Å²) < 4.78 is 0. The third-order valence-corrected chi connectivity index (χ3v) is 25.8. The first kappa shape index (κ1) is 71.4. The Kier molecular flexibility index (Phi) is 28.6. The van der Waals surface area contributed by atoms with Crippen molar-refractivity contribution in [3.8, 4) is 0 Å². The number of rotatable bonds is 12. The van der Waals surface area contributed by atoms with Gasteiger partial charge in [0, 0.05) is 81.3 Å². The fraction of sp³-hybridized carbons (Fsp3) is 0. The van der Waals surface area contributed by atoms with Gasteiger partial charge in [0.1, 0.15) is 0 Å². The second kappa shape index (κ2) is 35.7. The van der Waals surface area contributed by atoms with E-state index in [0.717, 1.165) is 60.3 Å². The van der Waals surface area contributed by atoms with Crippen molar-refractivity contribution in [2.24, 2.45) is 0 Å². The summed E-state index contributed by atoms with van der Waals surface area (Å²) in [5.74, 6) is 0. The Balaban J connectivity index is 0.000000153. The molecule has 0 atom stereocenters. The molecule has 0 saturated heterocycles. The van der Waals surface area contributed by atoms with Gasteiger partial charge in [0.15, 0.2) is 0 Å². The number of benzene rings is 12. The van der Waals surface area contributed by atoms with Gasteiger partial charge in [-0.05, 0) is 241 Å². The summed E-state index contributed by atoms with van der Waals surface area (Å²) in [4.78, 5) is 0. The van der Waals surface area contributed by atoms with Crippen molar-refractivity contribution >= 4 is 235 Å². The summed E-state index contributed by atoms with van der Waals surface area (Å²) in [5.41, 5.74) is 0.